The molecule has 3 heterocycles. The van der Waals surface area contributed by atoms with E-state index in [1.807, 2.05) is 10.9 Å². The number of aromatic nitrogens is 3. The Kier molecular flexibility index (Phi) is 1.95. The highest BCUT2D eigenvalue weighted by atomic mass is 15.4. The largest absolute Gasteiger partial charge is 0.381 e. The minimum Gasteiger partial charge on any atom is -0.381 e. The molecule has 2 saturated heterocycles. The summed E-state index contributed by atoms with van der Waals surface area (Å²) in [5.41, 5.74) is 6.02. The molecule has 1 aromatic heterocycles. The number of hydrogen-bond donors (Lipinski definition) is 1. The molecule has 0 amide bonds. The molecular formula is C10H17N5. The Balaban J connectivity index is 1.77. The third-order valence-electron chi connectivity index (χ3n) is 3.75. The number of piperidine rings is 1. The van der Waals surface area contributed by atoms with Crippen molar-refractivity contribution >= 4 is 5.82 Å². The van der Waals surface area contributed by atoms with Crippen LogP contribution in [0.4, 0.5) is 5.82 Å². The first-order valence-corrected chi connectivity index (χ1v) is 5.64. The summed E-state index contributed by atoms with van der Waals surface area (Å²) in [6, 6.07) is 0. The van der Waals surface area contributed by atoms with Crippen molar-refractivity contribution in [1.82, 2.24) is 19.9 Å². The van der Waals surface area contributed by atoms with E-state index < -0.39 is 0 Å². The summed E-state index contributed by atoms with van der Waals surface area (Å²) in [7, 11) is 0. The van der Waals surface area contributed by atoms with E-state index in [9.17, 15) is 0 Å². The molecular weight excluding hydrogens is 190 g/mol. The zero-order valence-electron chi connectivity index (χ0n) is 8.89. The van der Waals surface area contributed by atoms with Crippen molar-refractivity contribution in [2.24, 2.45) is 5.41 Å². The first-order valence-electron chi connectivity index (χ1n) is 5.64. The summed E-state index contributed by atoms with van der Waals surface area (Å²) in [6.45, 7) is 4.74. The lowest BCUT2D eigenvalue weighted by atomic mass is 9.81. The summed E-state index contributed by atoms with van der Waals surface area (Å²) in [5.74, 6) is 0.525. The highest BCUT2D eigenvalue weighted by Gasteiger charge is 2.41. The van der Waals surface area contributed by atoms with Crippen LogP contribution < -0.4 is 5.73 Å². The maximum Gasteiger partial charge on any atom is 0.165 e. The second-order valence-corrected chi connectivity index (χ2v) is 4.97. The van der Waals surface area contributed by atoms with Gasteiger partial charge in [-0.25, -0.2) is 4.68 Å². The molecule has 0 saturated carbocycles. The van der Waals surface area contributed by atoms with Crippen LogP contribution in [0.25, 0.3) is 0 Å². The van der Waals surface area contributed by atoms with E-state index in [0.717, 1.165) is 6.54 Å². The SMILES string of the molecule is Nc1cn(CC23CCCN(CC2)C3)nn1. The van der Waals surface area contributed by atoms with Gasteiger partial charge in [0.1, 0.15) is 0 Å². The van der Waals surface area contributed by atoms with Gasteiger partial charge in [0, 0.05) is 18.5 Å². The van der Waals surface area contributed by atoms with Crippen LogP contribution in [0.2, 0.25) is 0 Å². The van der Waals surface area contributed by atoms with Crippen molar-refractivity contribution in [1.29, 1.82) is 0 Å². The normalized spacial score (nSPS) is 34.5. The van der Waals surface area contributed by atoms with E-state index >= 15 is 0 Å². The van der Waals surface area contributed by atoms with Crippen LogP contribution in [0, 0.1) is 5.41 Å². The Bertz CT molecular complexity index is 356. The van der Waals surface area contributed by atoms with E-state index in [-0.39, 0.29) is 0 Å². The second-order valence-electron chi connectivity index (χ2n) is 4.97. The minimum absolute atomic E-state index is 0.443. The highest BCUT2D eigenvalue weighted by Crippen LogP contribution is 2.40. The van der Waals surface area contributed by atoms with Gasteiger partial charge in [-0.2, -0.15) is 0 Å². The van der Waals surface area contributed by atoms with Gasteiger partial charge in [0.2, 0.25) is 0 Å². The Morgan fingerprint density at radius 2 is 2.33 bits per heavy atom. The van der Waals surface area contributed by atoms with Gasteiger partial charge in [-0.15, -0.1) is 5.10 Å². The lowest BCUT2D eigenvalue weighted by Gasteiger charge is -2.33. The van der Waals surface area contributed by atoms with Crippen molar-refractivity contribution in [3.8, 4) is 0 Å². The first-order chi connectivity index (χ1) is 7.26. The van der Waals surface area contributed by atoms with Gasteiger partial charge in [-0.1, -0.05) is 5.21 Å². The summed E-state index contributed by atoms with van der Waals surface area (Å²) < 4.78 is 1.91. The number of rotatable bonds is 2. The monoisotopic (exact) mass is 207 g/mol. The molecule has 82 valence electrons. The van der Waals surface area contributed by atoms with Gasteiger partial charge in [0.15, 0.2) is 5.82 Å². The van der Waals surface area contributed by atoms with Crippen LogP contribution >= 0.6 is 0 Å². The molecule has 0 aliphatic carbocycles. The molecule has 2 N–H and O–H groups in total. The third kappa shape index (κ3) is 1.61. The molecule has 0 spiro atoms. The molecule has 5 nitrogen and oxygen atoms in total. The molecule has 15 heavy (non-hydrogen) atoms. The number of nitrogens with two attached hydrogens (primary N) is 1. The molecule has 1 aromatic rings. The number of fused-ring (bicyclic) bond motifs is 2. The van der Waals surface area contributed by atoms with E-state index in [1.54, 1.807) is 0 Å². The molecule has 2 aliphatic heterocycles. The van der Waals surface area contributed by atoms with Gasteiger partial charge in [0.05, 0.1) is 6.20 Å². The lowest BCUT2D eigenvalue weighted by Crippen LogP contribution is -2.36. The Morgan fingerprint density at radius 1 is 1.40 bits per heavy atom. The predicted octanol–water partition coefficient (Wildman–Crippen LogP) is 0.346. The van der Waals surface area contributed by atoms with Gasteiger partial charge >= 0.3 is 0 Å². The van der Waals surface area contributed by atoms with Gasteiger partial charge in [0.25, 0.3) is 0 Å². The van der Waals surface area contributed by atoms with E-state index in [1.165, 1.54) is 38.9 Å². The van der Waals surface area contributed by atoms with Crippen LogP contribution in [0.5, 0.6) is 0 Å². The molecule has 2 unspecified atom stereocenters. The molecule has 3 rings (SSSR count). The van der Waals surface area contributed by atoms with Crippen molar-refractivity contribution in [3.05, 3.63) is 6.20 Å². The highest BCUT2D eigenvalue weighted by molar-refractivity contribution is 5.19. The fourth-order valence-corrected chi connectivity index (χ4v) is 3.04. The van der Waals surface area contributed by atoms with Crippen LogP contribution in [0.3, 0.4) is 0 Å². The maximum absolute atomic E-state index is 5.57. The Labute approximate surface area is 89.2 Å². The summed E-state index contributed by atoms with van der Waals surface area (Å²) in [5, 5.41) is 7.88. The van der Waals surface area contributed by atoms with Crippen molar-refractivity contribution < 1.29 is 0 Å². The molecule has 5 heteroatoms. The molecule has 2 fully saturated rings. The second kappa shape index (κ2) is 3.20. The summed E-state index contributed by atoms with van der Waals surface area (Å²) in [4.78, 5) is 2.56. The summed E-state index contributed by atoms with van der Waals surface area (Å²) >= 11 is 0. The van der Waals surface area contributed by atoms with Crippen LogP contribution in [-0.4, -0.2) is 39.5 Å². The number of nitrogen functional groups attached to an aromatic ring is 1. The Morgan fingerprint density at radius 3 is 3.13 bits per heavy atom. The van der Waals surface area contributed by atoms with Crippen LogP contribution in [0.1, 0.15) is 19.3 Å². The molecule has 0 aromatic carbocycles. The van der Waals surface area contributed by atoms with Crippen LogP contribution in [-0.2, 0) is 6.54 Å². The predicted molar refractivity (Wildman–Crippen MR) is 57.2 cm³/mol. The number of nitrogens with zero attached hydrogens (tertiary/aromatic N) is 4. The van der Waals surface area contributed by atoms with Crippen LogP contribution in [0.15, 0.2) is 6.20 Å². The fourth-order valence-electron chi connectivity index (χ4n) is 3.04. The molecule has 2 aliphatic rings. The smallest absolute Gasteiger partial charge is 0.165 e. The number of anilines is 1. The minimum atomic E-state index is 0.443. The maximum atomic E-state index is 5.57. The quantitative estimate of drug-likeness (QED) is 0.760. The van der Waals surface area contributed by atoms with Gasteiger partial charge in [-0.3, -0.25) is 0 Å². The zero-order chi connectivity index (χ0) is 10.3. The Hall–Kier alpha value is -1.10. The molecule has 2 atom stereocenters. The average Bonchev–Trinajstić information content (AvgIpc) is 2.73. The van der Waals surface area contributed by atoms with Gasteiger partial charge < -0.3 is 10.6 Å². The van der Waals surface area contributed by atoms with E-state index in [0.29, 0.717) is 11.2 Å². The third-order valence-corrected chi connectivity index (χ3v) is 3.75. The van der Waals surface area contributed by atoms with E-state index in [2.05, 4.69) is 15.2 Å². The topological polar surface area (TPSA) is 60.0 Å². The zero-order valence-corrected chi connectivity index (χ0v) is 8.89. The fraction of sp³-hybridized carbons (Fsp3) is 0.800. The summed E-state index contributed by atoms with van der Waals surface area (Å²) in [6.07, 6.45) is 5.78. The van der Waals surface area contributed by atoms with Crippen molar-refractivity contribution in [2.75, 3.05) is 25.4 Å². The lowest BCUT2D eigenvalue weighted by molar-refractivity contribution is 0.153. The van der Waals surface area contributed by atoms with E-state index in [4.69, 9.17) is 5.73 Å². The first kappa shape index (κ1) is 9.15. The average molecular weight is 207 g/mol. The van der Waals surface area contributed by atoms with Crippen molar-refractivity contribution in [2.45, 2.75) is 25.8 Å². The van der Waals surface area contributed by atoms with Gasteiger partial charge in [-0.05, 0) is 32.4 Å². The van der Waals surface area contributed by atoms with Crippen molar-refractivity contribution in [3.63, 3.8) is 0 Å². The number of hydrogen-bond acceptors (Lipinski definition) is 4. The molecule has 0 radical (unpaired) electrons. The molecule has 2 bridgehead atoms. The standard InChI is InChI=1S/C10H17N5/c11-9-6-15(13-12-9)8-10-2-1-4-14(7-10)5-3-10/h6H,1-5,7-8,11H2.